The molecule has 18 heavy (non-hydrogen) atoms. The van der Waals surface area contributed by atoms with Gasteiger partial charge in [-0.15, -0.1) is 0 Å². The third kappa shape index (κ3) is 3.67. The van der Waals surface area contributed by atoms with Crippen LogP contribution in [-0.4, -0.2) is 86.2 Å². The molecule has 2 heterocycles. The number of likely N-dealkylation sites (N-methyl/N-ethyl adjacent to an activating group) is 1. The summed E-state index contributed by atoms with van der Waals surface area (Å²) in [4.78, 5) is 18.6. The summed E-state index contributed by atoms with van der Waals surface area (Å²) in [7, 11) is 2.18. The zero-order valence-corrected chi connectivity index (χ0v) is 11.6. The summed E-state index contributed by atoms with van der Waals surface area (Å²) in [6.07, 6.45) is 1.18. The van der Waals surface area contributed by atoms with Crippen LogP contribution in [0.4, 0.5) is 0 Å². The number of piperazine rings is 1. The number of carbonyl (C=O) groups excluding carboxylic acids is 1. The predicted molar refractivity (Wildman–Crippen MR) is 70.5 cm³/mol. The maximum Gasteiger partial charge on any atom is 0.320 e. The maximum absolute atomic E-state index is 11.4. The maximum atomic E-state index is 11.4. The Bertz CT molecular complexity index is 277. The van der Waals surface area contributed by atoms with Crippen molar-refractivity contribution in [2.24, 2.45) is 0 Å². The van der Waals surface area contributed by atoms with Crippen LogP contribution < -0.4 is 0 Å². The summed E-state index contributed by atoms with van der Waals surface area (Å²) in [6.45, 7) is 9.48. The molecule has 0 spiro atoms. The first-order valence-corrected chi connectivity index (χ1v) is 6.99. The summed E-state index contributed by atoms with van der Waals surface area (Å²) in [5.41, 5.74) is 0. The highest BCUT2D eigenvalue weighted by molar-refractivity contribution is 5.71. The lowest BCUT2D eigenvalue weighted by Gasteiger charge is -2.36. The van der Waals surface area contributed by atoms with Crippen LogP contribution in [0, 0.1) is 0 Å². The highest BCUT2D eigenvalue weighted by Crippen LogP contribution is 2.17. The molecule has 104 valence electrons. The molecule has 0 aromatic heterocycles. The summed E-state index contributed by atoms with van der Waals surface area (Å²) in [5.74, 6) is -0.0865. The van der Waals surface area contributed by atoms with Gasteiger partial charge in [-0.3, -0.25) is 14.6 Å². The van der Waals surface area contributed by atoms with Crippen molar-refractivity contribution >= 4 is 5.97 Å². The minimum Gasteiger partial charge on any atom is -0.465 e. The molecule has 2 fully saturated rings. The van der Waals surface area contributed by atoms with Gasteiger partial charge in [0.2, 0.25) is 0 Å². The van der Waals surface area contributed by atoms with Gasteiger partial charge in [0.05, 0.1) is 13.2 Å². The smallest absolute Gasteiger partial charge is 0.320 e. The average molecular weight is 255 g/mol. The van der Waals surface area contributed by atoms with E-state index < -0.39 is 0 Å². The third-order valence-electron chi connectivity index (χ3n) is 3.96. The van der Waals surface area contributed by atoms with Crippen LogP contribution in [-0.2, 0) is 9.53 Å². The molecule has 1 atom stereocenters. The van der Waals surface area contributed by atoms with Crippen LogP contribution in [0.1, 0.15) is 13.3 Å². The quantitative estimate of drug-likeness (QED) is 0.654. The van der Waals surface area contributed by atoms with Crippen molar-refractivity contribution in [3.05, 3.63) is 0 Å². The van der Waals surface area contributed by atoms with Crippen LogP contribution in [0.2, 0.25) is 0 Å². The molecule has 2 aliphatic heterocycles. The highest BCUT2D eigenvalue weighted by Gasteiger charge is 2.30. The van der Waals surface area contributed by atoms with Gasteiger partial charge in [-0.1, -0.05) is 0 Å². The van der Waals surface area contributed by atoms with E-state index in [2.05, 4.69) is 21.7 Å². The highest BCUT2D eigenvalue weighted by atomic mass is 16.5. The van der Waals surface area contributed by atoms with Crippen LogP contribution in [0.5, 0.6) is 0 Å². The second-order valence-corrected chi connectivity index (χ2v) is 5.32. The molecule has 0 aliphatic carbocycles. The Balaban J connectivity index is 1.73. The van der Waals surface area contributed by atoms with E-state index in [4.69, 9.17) is 4.74 Å². The van der Waals surface area contributed by atoms with Crippen molar-refractivity contribution in [1.29, 1.82) is 0 Å². The van der Waals surface area contributed by atoms with Crippen LogP contribution in [0.3, 0.4) is 0 Å². The Kier molecular flexibility index (Phi) is 4.97. The van der Waals surface area contributed by atoms with Gasteiger partial charge >= 0.3 is 5.97 Å². The number of nitrogens with zero attached hydrogens (tertiary/aromatic N) is 3. The van der Waals surface area contributed by atoms with Gasteiger partial charge in [-0.25, -0.2) is 0 Å². The van der Waals surface area contributed by atoms with E-state index in [0.29, 0.717) is 19.2 Å². The van der Waals surface area contributed by atoms with E-state index in [1.54, 1.807) is 0 Å². The third-order valence-corrected chi connectivity index (χ3v) is 3.96. The Morgan fingerprint density at radius 3 is 2.61 bits per heavy atom. The molecule has 0 N–H and O–H groups in total. The first-order valence-electron chi connectivity index (χ1n) is 6.99. The summed E-state index contributed by atoms with van der Waals surface area (Å²) in [6, 6.07) is 0.633. The molecule has 0 aromatic carbocycles. The second-order valence-electron chi connectivity index (χ2n) is 5.32. The lowest BCUT2D eigenvalue weighted by atomic mass is 10.2. The van der Waals surface area contributed by atoms with E-state index in [-0.39, 0.29) is 5.97 Å². The number of hydrogen-bond donors (Lipinski definition) is 0. The molecular weight excluding hydrogens is 230 g/mol. The summed E-state index contributed by atoms with van der Waals surface area (Å²) in [5, 5.41) is 0. The lowest BCUT2D eigenvalue weighted by Crippen LogP contribution is -2.49. The zero-order chi connectivity index (χ0) is 13.0. The number of carbonyl (C=O) groups is 1. The normalized spacial score (nSPS) is 27.6. The SMILES string of the molecule is CCOC(=O)CN1CCC(N2CCN(C)CC2)C1. The average Bonchev–Trinajstić information content (AvgIpc) is 2.78. The van der Waals surface area contributed by atoms with E-state index in [0.717, 1.165) is 39.3 Å². The number of likely N-dealkylation sites (tertiary alicyclic amines) is 1. The summed E-state index contributed by atoms with van der Waals surface area (Å²) >= 11 is 0. The minimum absolute atomic E-state index is 0.0865. The zero-order valence-electron chi connectivity index (χ0n) is 11.6. The number of hydrogen-bond acceptors (Lipinski definition) is 5. The Labute approximate surface area is 110 Å². The lowest BCUT2D eigenvalue weighted by molar-refractivity contribution is -0.144. The van der Waals surface area contributed by atoms with Crippen molar-refractivity contribution in [3.63, 3.8) is 0 Å². The van der Waals surface area contributed by atoms with Gasteiger partial charge in [0.15, 0.2) is 0 Å². The Morgan fingerprint density at radius 2 is 1.94 bits per heavy atom. The molecule has 2 rings (SSSR count). The topological polar surface area (TPSA) is 36.0 Å². The van der Waals surface area contributed by atoms with Crippen LogP contribution in [0.25, 0.3) is 0 Å². The van der Waals surface area contributed by atoms with E-state index in [1.165, 1.54) is 6.42 Å². The van der Waals surface area contributed by atoms with Gasteiger partial charge in [-0.2, -0.15) is 0 Å². The fraction of sp³-hybridized carbons (Fsp3) is 0.923. The molecule has 0 radical (unpaired) electrons. The summed E-state index contributed by atoms with van der Waals surface area (Å²) < 4.78 is 5.00. The van der Waals surface area contributed by atoms with E-state index in [9.17, 15) is 4.79 Å². The molecule has 2 saturated heterocycles. The monoisotopic (exact) mass is 255 g/mol. The van der Waals surface area contributed by atoms with Crippen molar-refractivity contribution < 1.29 is 9.53 Å². The molecule has 0 amide bonds. The standard InChI is InChI=1S/C13H25N3O2/c1-3-18-13(17)11-15-5-4-12(10-15)16-8-6-14(2)7-9-16/h12H,3-11H2,1-2H3. The molecular formula is C13H25N3O2. The Hall–Kier alpha value is -0.650. The first-order chi connectivity index (χ1) is 8.69. The van der Waals surface area contributed by atoms with Crippen LogP contribution >= 0.6 is 0 Å². The van der Waals surface area contributed by atoms with Crippen molar-refractivity contribution in [1.82, 2.24) is 14.7 Å². The number of ether oxygens (including phenoxy) is 1. The molecule has 0 aromatic rings. The second kappa shape index (κ2) is 6.50. The Morgan fingerprint density at radius 1 is 1.22 bits per heavy atom. The van der Waals surface area contributed by atoms with E-state index in [1.807, 2.05) is 6.92 Å². The molecule has 2 aliphatic rings. The van der Waals surface area contributed by atoms with E-state index >= 15 is 0 Å². The van der Waals surface area contributed by atoms with Crippen molar-refractivity contribution in [2.45, 2.75) is 19.4 Å². The van der Waals surface area contributed by atoms with Crippen molar-refractivity contribution in [2.75, 3.05) is 59.5 Å². The fourth-order valence-electron chi connectivity index (χ4n) is 2.83. The van der Waals surface area contributed by atoms with Gasteiger partial charge in [0.1, 0.15) is 0 Å². The predicted octanol–water partition coefficient (Wildman–Crippen LogP) is -0.129. The first kappa shape index (κ1) is 13.8. The van der Waals surface area contributed by atoms with Gasteiger partial charge in [0, 0.05) is 45.3 Å². The van der Waals surface area contributed by atoms with Crippen LogP contribution in [0.15, 0.2) is 0 Å². The van der Waals surface area contributed by atoms with Gasteiger partial charge in [-0.05, 0) is 20.4 Å². The molecule has 5 heteroatoms. The van der Waals surface area contributed by atoms with Gasteiger partial charge < -0.3 is 9.64 Å². The fourth-order valence-corrected chi connectivity index (χ4v) is 2.83. The molecule has 0 saturated carbocycles. The largest absolute Gasteiger partial charge is 0.465 e. The molecule has 0 bridgehead atoms. The minimum atomic E-state index is -0.0865. The number of esters is 1. The molecule has 1 unspecified atom stereocenters. The number of rotatable bonds is 4. The van der Waals surface area contributed by atoms with Crippen molar-refractivity contribution in [3.8, 4) is 0 Å². The molecule has 5 nitrogen and oxygen atoms in total. The van der Waals surface area contributed by atoms with Gasteiger partial charge in [0.25, 0.3) is 0 Å².